The molecule has 20 heavy (non-hydrogen) atoms. The van der Waals surface area contributed by atoms with Crippen molar-refractivity contribution < 1.29 is 9.53 Å². The zero-order valence-corrected chi connectivity index (χ0v) is 13.1. The number of ether oxygens (including phenoxy) is 1. The summed E-state index contributed by atoms with van der Waals surface area (Å²) in [4.78, 5) is 13.7. The van der Waals surface area contributed by atoms with Crippen LogP contribution in [0.4, 0.5) is 5.69 Å². The molecule has 1 amide bonds. The van der Waals surface area contributed by atoms with Crippen LogP contribution in [0.3, 0.4) is 0 Å². The number of benzene rings is 1. The van der Waals surface area contributed by atoms with E-state index in [1.807, 2.05) is 13.1 Å². The quantitative estimate of drug-likeness (QED) is 0.584. The molecule has 0 saturated heterocycles. The maximum Gasteiger partial charge on any atom is 0.239 e. The summed E-state index contributed by atoms with van der Waals surface area (Å²) < 4.78 is 4.86. The van der Waals surface area contributed by atoms with E-state index in [0.29, 0.717) is 23.7 Å². The molecule has 7 heteroatoms. The van der Waals surface area contributed by atoms with Gasteiger partial charge in [-0.05, 0) is 18.2 Å². The summed E-state index contributed by atoms with van der Waals surface area (Å²) in [5, 5.41) is 3.22. The molecule has 1 aromatic rings. The second-order valence-corrected chi connectivity index (χ2v) is 5.07. The number of nitrogens with one attached hydrogen (secondary N) is 1. The van der Waals surface area contributed by atoms with E-state index in [-0.39, 0.29) is 17.4 Å². The summed E-state index contributed by atoms with van der Waals surface area (Å²) in [6.45, 7) is 1.21. The summed E-state index contributed by atoms with van der Waals surface area (Å²) in [7, 11) is 3.39. The van der Waals surface area contributed by atoms with Crippen molar-refractivity contribution in [3.8, 4) is 0 Å². The van der Waals surface area contributed by atoms with E-state index in [1.54, 1.807) is 24.1 Å². The molecule has 0 saturated carbocycles. The predicted octanol–water partition coefficient (Wildman–Crippen LogP) is 1.17. The van der Waals surface area contributed by atoms with Crippen LogP contribution < -0.4 is 16.0 Å². The first kappa shape index (κ1) is 16.7. The summed E-state index contributed by atoms with van der Waals surface area (Å²) in [5.74, 6) is -0.0842. The molecule has 0 heterocycles. The summed E-state index contributed by atoms with van der Waals surface area (Å²) in [6.07, 6.45) is 0. The molecule has 0 spiro atoms. The number of nitrogens with zero attached hydrogens (tertiary/aromatic N) is 1. The number of likely N-dealkylation sites (N-methyl/N-ethyl adjacent to an activating group) is 1. The van der Waals surface area contributed by atoms with Crippen LogP contribution in [-0.4, -0.2) is 44.7 Å². The lowest BCUT2D eigenvalue weighted by Gasteiger charge is -2.19. The Morgan fingerprint density at radius 2 is 2.25 bits per heavy atom. The van der Waals surface area contributed by atoms with Crippen LogP contribution in [0.15, 0.2) is 18.2 Å². The molecule has 0 bridgehead atoms. The third-order valence-electron chi connectivity index (χ3n) is 2.67. The lowest BCUT2D eigenvalue weighted by atomic mass is 10.2. The summed E-state index contributed by atoms with van der Waals surface area (Å²) >= 11 is 11.0. The van der Waals surface area contributed by atoms with Gasteiger partial charge in [-0.1, -0.05) is 23.8 Å². The van der Waals surface area contributed by atoms with Crippen molar-refractivity contribution in [3.63, 3.8) is 0 Å². The maximum atomic E-state index is 11.7. The number of carbonyl (C=O) groups excluding carboxylic acids is 1. The van der Waals surface area contributed by atoms with Crippen molar-refractivity contribution in [1.29, 1.82) is 0 Å². The Morgan fingerprint density at radius 3 is 2.80 bits per heavy atom. The summed E-state index contributed by atoms with van der Waals surface area (Å²) in [6, 6.07) is 5.31. The standard InChI is InChI=1S/C13H18ClN3O2S/c1-17(8-12(18)16-5-6-19-2)9-3-4-10(13(15)20)11(14)7-9/h3-4,7H,5-6,8H2,1-2H3,(H2,15,20)(H,16,18). The van der Waals surface area contributed by atoms with Gasteiger partial charge in [-0.15, -0.1) is 0 Å². The van der Waals surface area contributed by atoms with Crippen LogP contribution in [0.1, 0.15) is 5.56 Å². The van der Waals surface area contributed by atoms with E-state index >= 15 is 0 Å². The number of anilines is 1. The fraction of sp³-hybridized carbons (Fsp3) is 0.385. The van der Waals surface area contributed by atoms with E-state index in [2.05, 4.69) is 5.32 Å². The second-order valence-electron chi connectivity index (χ2n) is 4.23. The Morgan fingerprint density at radius 1 is 1.55 bits per heavy atom. The Hall–Kier alpha value is -1.37. The zero-order chi connectivity index (χ0) is 15.1. The number of halogens is 1. The van der Waals surface area contributed by atoms with Crippen LogP contribution in [-0.2, 0) is 9.53 Å². The van der Waals surface area contributed by atoms with Crippen LogP contribution in [0, 0.1) is 0 Å². The maximum absolute atomic E-state index is 11.7. The third kappa shape index (κ3) is 4.96. The molecule has 0 aliphatic rings. The minimum Gasteiger partial charge on any atom is -0.389 e. The van der Waals surface area contributed by atoms with Gasteiger partial charge in [0.15, 0.2) is 0 Å². The third-order valence-corrected chi connectivity index (χ3v) is 3.20. The van der Waals surface area contributed by atoms with Crippen molar-refractivity contribution in [1.82, 2.24) is 5.32 Å². The first-order valence-corrected chi connectivity index (χ1v) is 6.80. The van der Waals surface area contributed by atoms with Crippen LogP contribution in [0.25, 0.3) is 0 Å². The molecule has 0 aliphatic heterocycles. The first-order valence-electron chi connectivity index (χ1n) is 6.02. The number of carbonyl (C=O) groups is 1. The molecule has 1 rings (SSSR count). The molecule has 0 atom stereocenters. The van der Waals surface area contributed by atoms with Gasteiger partial charge in [0, 0.05) is 32.0 Å². The molecule has 110 valence electrons. The molecule has 1 aromatic carbocycles. The monoisotopic (exact) mass is 315 g/mol. The molecule has 0 unspecified atom stereocenters. The number of rotatable bonds is 7. The minimum absolute atomic E-state index is 0.0842. The number of thiocarbonyl (C=S) groups is 1. The summed E-state index contributed by atoms with van der Waals surface area (Å²) in [5.41, 5.74) is 6.99. The molecule has 0 aromatic heterocycles. The molecule has 0 fully saturated rings. The van der Waals surface area contributed by atoms with Gasteiger partial charge >= 0.3 is 0 Å². The zero-order valence-electron chi connectivity index (χ0n) is 11.5. The number of amides is 1. The fourth-order valence-electron chi connectivity index (χ4n) is 1.60. The Bertz CT molecular complexity index is 497. The smallest absolute Gasteiger partial charge is 0.239 e. The molecular weight excluding hydrogens is 298 g/mol. The van der Waals surface area contributed by atoms with Gasteiger partial charge in [0.05, 0.1) is 18.2 Å². The topological polar surface area (TPSA) is 67.6 Å². The normalized spacial score (nSPS) is 10.2. The van der Waals surface area contributed by atoms with Gasteiger partial charge < -0.3 is 20.7 Å². The molecule has 0 radical (unpaired) electrons. The molecule has 0 aliphatic carbocycles. The van der Waals surface area contributed by atoms with Gasteiger partial charge in [0.25, 0.3) is 0 Å². The first-order chi connectivity index (χ1) is 9.45. The van der Waals surface area contributed by atoms with Crippen molar-refractivity contribution in [2.45, 2.75) is 0 Å². The van der Waals surface area contributed by atoms with E-state index in [1.165, 1.54) is 0 Å². The van der Waals surface area contributed by atoms with Crippen LogP contribution in [0.5, 0.6) is 0 Å². The highest BCUT2D eigenvalue weighted by Crippen LogP contribution is 2.22. The van der Waals surface area contributed by atoms with E-state index < -0.39 is 0 Å². The molecule has 3 N–H and O–H groups in total. The number of hydrogen-bond acceptors (Lipinski definition) is 4. The minimum atomic E-state index is -0.0842. The molecule has 5 nitrogen and oxygen atoms in total. The highest BCUT2D eigenvalue weighted by atomic mass is 35.5. The number of hydrogen-bond donors (Lipinski definition) is 2. The average molecular weight is 316 g/mol. The van der Waals surface area contributed by atoms with Gasteiger partial charge in [-0.25, -0.2) is 0 Å². The molecular formula is C13H18ClN3O2S. The van der Waals surface area contributed by atoms with Gasteiger partial charge in [0.1, 0.15) is 4.99 Å². The Balaban J connectivity index is 2.63. The highest BCUT2D eigenvalue weighted by Gasteiger charge is 2.10. The number of nitrogens with two attached hydrogens (primary N) is 1. The average Bonchev–Trinajstić information content (AvgIpc) is 2.38. The van der Waals surface area contributed by atoms with Crippen molar-refractivity contribution in [3.05, 3.63) is 28.8 Å². The van der Waals surface area contributed by atoms with Gasteiger partial charge in [0.2, 0.25) is 5.91 Å². The Kier molecular flexibility index (Phi) is 6.70. The van der Waals surface area contributed by atoms with Crippen molar-refractivity contribution >= 4 is 40.4 Å². The largest absolute Gasteiger partial charge is 0.389 e. The van der Waals surface area contributed by atoms with Gasteiger partial charge in [-0.2, -0.15) is 0 Å². The van der Waals surface area contributed by atoms with Crippen LogP contribution in [0.2, 0.25) is 5.02 Å². The van der Waals surface area contributed by atoms with E-state index in [4.69, 9.17) is 34.3 Å². The predicted molar refractivity (Wildman–Crippen MR) is 85.5 cm³/mol. The van der Waals surface area contributed by atoms with E-state index in [9.17, 15) is 4.79 Å². The highest BCUT2D eigenvalue weighted by molar-refractivity contribution is 7.80. The fourth-order valence-corrected chi connectivity index (χ4v) is 2.11. The van der Waals surface area contributed by atoms with Crippen LogP contribution >= 0.6 is 23.8 Å². The SMILES string of the molecule is COCCNC(=O)CN(C)c1ccc(C(N)=S)c(Cl)c1. The van der Waals surface area contributed by atoms with E-state index in [0.717, 1.165) is 5.69 Å². The Labute approximate surface area is 129 Å². The second kappa shape index (κ2) is 8.04. The number of methoxy groups -OCH3 is 1. The van der Waals surface area contributed by atoms with Crippen molar-refractivity contribution in [2.75, 3.05) is 38.8 Å². The lowest BCUT2D eigenvalue weighted by molar-refractivity contribution is -0.119. The lowest BCUT2D eigenvalue weighted by Crippen LogP contribution is -2.36. The van der Waals surface area contributed by atoms with Gasteiger partial charge in [-0.3, -0.25) is 4.79 Å². The van der Waals surface area contributed by atoms with Crippen molar-refractivity contribution in [2.24, 2.45) is 5.73 Å².